The van der Waals surface area contributed by atoms with E-state index >= 15 is 0 Å². The Bertz CT molecular complexity index is 722. The molecule has 0 amide bonds. The number of benzene rings is 1. The van der Waals surface area contributed by atoms with Gasteiger partial charge in [-0.15, -0.1) is 12.4 Å². The van der Waals surface area contributed by atoms with E-state index in [4.69, 9.17) is 17.3 Å². The third-order valence-electron chi connectivity index (χ3n) is 4.14. The van der Waals surface area contributed by atoms with E-state index in [1.807, 2.05) is 0 Å². The first-order chi connectivity index (χ1) is 10.8. The fourth-order valence-electron chi connectivity index (χ4n) is 3.04. The average Bonchev–Trinajstić information content (AvgIpc) is 2.46. The fourth-order valence-corrected chi connectivity index (χ4v) is 3.21. The molecule has 24 heavy (non-hydrogen) atoms. The maximum absolute atomic E-state index is 13.1. The molecule has 132 valence electrons. The zero-order chi connectivity index (χ0) is 16.6. The number of nitrogens with zero attached hydrogens (tertiary/aromatic N) is 1. The first kappa shape index (κ1) is 19.1. The average molecular weight is 380 g/mol. The van der Waals surface area contributed by atoms with E-state index < -0.39 is 11.9 Å². The van der Waals surface area contributed by atoms with E-state index in [1.54, 1.807) is 6.07 Å². The van der Waals surface area contributed by atoms with Crippen LogP contribution in [-0.2, 0) is 6.18 Å². The Morgan fingerprint density at radius 2 is 1.96 bits per heavy atom. The van der Waals surface area contributed by atoms with Gasteiger partial charge in [-0.2, -0.15) is 13.2 Å². The van der Waals surface area contributed by atoms with Crippen molar-refractivity contribution < 1.29 is 13.2 Å². The molecule has 1 aliphatic rings. The molecule has 1 heterocycles. The third kappa shape index (κ3) is 4.23. The Kier molecular flexibility index (Phi) is 5.83. The number of pyridine rings is 1. The van der Waals surface area contributed by atoms with Gasteiger partial charge in [-0.05, 0) is 49.9 Å². The van der Waals surface area contributed by atoms with E-state index in [1.165, 1.54) is 12.1 Å². The highest BCUT2D eigenvalue weighted by Gasteiger charge is 2.33. The molecule has 0 spiro atoms. The van der Waals surface area contributed by atoms with Crippen LogP contribution in [0.1, 0.15) is 31.4 Å². The highest BCUT2D eigenvalue weighted by Crippen LogP contribution is 2.35. The van der Waals surface area contributed by atoms with Gasteiger partial charge in [0.15, 0.2) is 0 Å². The Labute approximate surface area is 149 Å². The number of hydrogen-bond acceptors (Lipinski definition) is 3. The minimum Gasteiger partial charge on any atom is -0.382 e. The third-order valence-corrected chi connectivity index (χ3v) is 4.37. The van der Waals surface area contributed by atoms with Crippen molar-refractivity contribution in [2.75, 3.05) is 5.32 Å². The molecule has 1 aromatic heterocycles. The minimum atomic E-state index is -4.49. The number of aromatic nitrogens is 1. The van der Waals surface area contributed by atoms with Crippen molar-refractivity contribution in [3.8, 4) is 0 Å². The smallest absolute Gasteiger partial charge is 0.382 e. The normalized spacial score (nSPS) is 21.4. The highest BCUT2D eigenvalue weighted by atomic mass is 35.5. The first-order valence-corrected chi connectivity index (χ1v) is 7.90. The largest absolute Gasteiger partial charge is 0.433 e. The lowest BCUT2D eigenvalue weighted by Gasteiger charge is -2.28. The van der Waals surface area contributed by atoms with Crippen LogP contribution in [0.2, 0.25) is 5.02 Å². The Morgan fingerprint density at radius 1 is 1.21 bits per heavy atom. The van der Waals surface area contributed by atoms with Crippen LogP contribution in [-0.4, -0.2) is 17.1 Å². The molecule has 2 atom stereocenters. The Morgan fingerprint density at radius 3 is 2.62 bits per heavy atom. The van der Waals surface area contributed by atoms with Crippen LogP contribution in [0.4, 0.5) is 18.9 Å². The zero-order valence-electron chi connectivity index (χ0n) is 12.7. The maximum Gasteiger partial charge on any atom is 0.433 e. The van der Waals surface area contributed by atoms with Gasteiger partial charge in [-0.25, -0.2) is 4.98 Å². The summed E-state index contributed by atoms with van der Waals surface area (Å²) in [7, 11) is 0. The number of hydrogen-bond donors (Lipinski definition) is 2. The predicted octanol–water partition coefficient (Wildman–Crippen LogP) is 5.01. The summed E-state index contributed by atoms with van der Waals surface area (Å²) in [5.74, 6) is 0. The second kappa shape index (κ2) is 7.33. The van der Waals surface area contributed by atoms with E-state index in [0.717, 1.165) is 31.7 Å². The van der Waals surface area contributed by atoms with Crippen molar-refractivity contribution in [2.24, 2.45) is 5.73 Å². The van der Waals surface area contributed by atoms with E-state index in [0.29, 0.717) is 16.1 Å². The Hall–Kier alpha value is -1.24. The monoisotopic (exact) mass is 379 g/mol. The van der Waals surface area contributed by atoms with Gasteiger partial charge in [0.25, 0.3) is 0 Å². The number of nitrogens with one attached hydrogen (secondary N) is 1. The molecule has 8 heteroatoms. The predicted molar refractivity (Wildman–Crippen MR) is 92.9 cm³/mol. The summed E-state index contributed by atoms with van der Waals surface area (Å²) in [5, 5.41) is 4.26. The van der Waals surface area contributed by atoms with Crippen LogP contribution in [0, 0.1) is 0 Å². The maximum atomic E-state index is 13.1. The molecule has 0 saturated heterocycles. The first-order valence-electron chi connectivity index (χ1n) is 7.52. The van der Waals surface area contributed by atoms with E-state index in [2.05, 4.69) is 10.3 Å². The van der Waals surface area contributed by atoms with Gasteiger partial charge in [-0.3, -0.25) is 0 Å². The number of nitrogens with two attached hydrogens (primary N) is 1. The molecular formula is C16H18Cl2F3N3. The van der Waals surface area contributed by atoms with Crippen LogP contribution in [0.25, 0.3) is 10.9 Å². The molecule has 3 rings (SSSR count). The number of fused-ring (bicyclic) bond motifs is 1. The van der Waals surface area contributed by atoms with Gasteiger partial charge in [-0.1, -0.05) is 11.6 Å². The number of alkyl halides is 3. The SMILES string of the molecule is Cl.N[C@@H]1CCC[C@H](Nc2cc(C(F)(F)F)nc3ccc(Cl)cc23)C1. The molecule has 3 nitrogen and oxygen atoms in total. The van der Waals surface area contributed by atoms with Gasteiger partial charge in [0, 0.05) is 28.2 Å². The summed E-state index contributed by atoms with van der Waals surface area (Å²) in [5.41, 5.74) is 5.73. The molecule has 0 bridgehead atoms. The summed E-state index contributed by atoms with van der Waals surface area (Å²) >= 11 is 5.99. The molecular weight excluding hydrogens is 362 g/mol. The van der Waals surface area contributed by atoms with Gasteiger partial charge in [0.1, 0.15) is 5.69 Å². The molecule has 0 unspecified atom stereocenters. The summed E-state index contributed by atoms with van der Waals surface area (Å²) in [4.78, 5) is 3.71. The highest BCUT2D eigenvalue weighted by molar-refractivity contribution is 6.31. The van der Waals surface area contributed by atoms with Gasteiger partial charge >= 0.3 is 6.18 Å². The molecule has 1 saturated carbocycles. The molecule has 1 aromatic carbocycles. The van der Waals surface area contributed by atoms with Crippen molar-refractivity contribution in [1.29, 1.82) is 0 Å². The lowest BCUT2D eigenvalue weighted by molar-refractivity contribution is -0.140. The van der Waals surface area contributed by atoms with Gasteiger partial charge in [0.05, 0.1) is 5.52 Å². The van der Waals surface area contributed by atoms with Gasteiger partial charge in [0.2, 0.25) is 0 Å². The molecule has 2 aromatic rings. The van der Waals surface area contributed by atoms with Crippen molar-refractivity contribution in [3.05, 3.63) is 35.0 Å². The van der Waals surface area contributed by atoms with Crippen molar-refractivity contribution in [3.63, 3.8) is 0 Å². The van der Waals surface area contributed by atoms with Crippen LogP contribution in [0.5, 0.6) is 0 Å². The van der Waals surface area contributed by atoms with Crippen LogP contribution < -0.4 is 11.1 Å². The second-order valence-electron chi connectivity index (χ2n) is 5.98. The molecule has 3 N–H and O–H groups in total. The molecule has 1 fully saturated rings. The molecule has 0 radical (unpaired) electrons. The number of rotatable bonds is 2. The van der Waals surface area contributed by atoms with E-state index in [-0.39, 0.29) is 30.0 Å². The van der Waals surface area contributed by atoms with Crippen molar-refractivity contribution in [2.45, 2.75) is 43.9 Å². The van der Waals surface area contributed by atoms with Crippen molar-refractivity contribution >= 4 is 40.6 Å². The Balaban J connectivity index is 0.00000208. The van der Waals surface area contributed by atoms with Crippen LogP contribution in [0.3, 0.4) is 0 Å². The van der Waals surface area contributed by atoms with Crippen LogP contribution in [0.15, 0.2) is 24.3 Å². The summed E-state index contributed by atoms with van der Waals surface area (Å²) in [6, 6.07) is 5.88. The standard InChI is InChI=1S/C16H17ClF3N3.ClH/c17-9-4-5-13-12(6-9)14(8-15(23-13)16(18,19)20)22-11-3-1-2-10(21)7-11;/h4-6,8,10-11H,1-3,7,21H2,(H,22,23);1H/t10-,11+;/m1./s1. The topological polar surface area (TPSA) is 50.9 Å². The summed E-state index contributed by atoms with van der Waals surface area (Å²) in [6.07, 6.45) is -0.942. The quantitative estimate of drug-likeness (QED) is 0.770. The van der Waals surface area contributed by atoms with Gasteiger partial charge < -0.3 is 11.1 Å². The molecule has 1 aliphatic carbocycles. The lowest BCUT2D eigenvalue weighted by Crippen LogP contribution is -2.35. The summed E-state index contributed by atoms with van der Waals surface area (Å²) in [6.45, 7) is 0. The van der Waals surface area contributed by atoms with E-state index in [9.17, 15) is 13.2 Å². The summed E-state index contributed by atoms with van der Waals surface area (Å²) < 4.78 is 39.2. The zero-order valence-corrected chi connectivity index (χ0v) is 14.3. The minimum absolute atomic E-state index is 0. The number of anilines is 1. The van der Waals surface area contributed by atoms with Crippen LogP contribution >= 0.6 is 24.0 Å². The van der Waals surface area contributed by atoms with Crippen molar-refractivity contribution in [1.82, 2.24) is 4.98 Å². The number of halogens is 5. The lowest BCUT2D eigenvalue weighted by atomic mass is 9.91. The second-order valence-corrected chi connectivity index (χ2v) is 6.42. The molecule has 0 aliphatic heterocycles. The fraction of sp³-hybridized carbons (Fsp3) is 0.438.